The van der Waals surface area contributed by atoms with Gasteiger partial charge in [0.15, 0.2) is 0 Å². The fraction of sp³-hybridized carbons (Fsp3) is 0.154. The molecule has 0 radical (unpaired) electrons. The van der Waals surface area contributed by atoms with Gasteiger partial charge in [-0.2, -0.15) is 13.2 Å². The van der Waals surface area contributed by atoms with Crippen LogP contribution in [0.1, 0.15) is 44.9 Å². The summed E-state index contributed by atoms with van der Waals surface area (Å²) < 4.78 is 41.3. The number of benzene rings is 3. The van der Waals surface area contributed by atoms with Crippen molar-refractivity contribution in [2.24, 2.45) is 7.05 Å². The zero-order valence-corrected chi connectivity index (χ0v) is 18.9. The van der Waals surface area contributed by atoms with Crippen LogP contribution in [0.5, 0.6) is 0 Å². The SMILES string of the molecule is C[C@H](NC(=O)c1c(Nc2cccc(C(F)(F)F)c2)c2ccccc2n1C)c1ccc(C(=O)O)cc1. The van der Waals surface area contributed by atoms with E-state index in [-0.39, 0.29) is 16.9 Å². The summed E-state index contributed by atoms with van der Waals surface area (Å²) in [7, 11) is 1.71. The second-order valence-corrected chi connectivity index (χ2v) is 8.13. The Kier molecular flexibility index (Phi) is 6.26. The quantitative estimate of drug-likeness (QED) is 0.309. The van der Waals surface area contributed by atoms with Gasteiger partial charge in [0.2, 0.25) is 0 Å². The third kappa shape index (κ3) is 4.84. The van der Waals surface area contributed by atoms with Gasteiger partial charge in [-0.05, 0) is 48.9 Å². The zero-order valence-electron chi connectivity index (χ0n) is 18.9. The van der Waals surface area contributed by atoms with Gasteiger partial charge in [0.1, 0.15) is 5.69 Å². The van der Waals surface area contributed by atoms with Crippen LogP contribution in [0.2, 0.25) is 0 Å². The first-order valence-corrected chi connectivity index (χ1v) is 10.7. The summed E-state index contributed by atoms with van der Waals surface area (Å²) in [5.74, 6) is -1.48. The summed E-state index contributed by atoms with van der Waals surface area (Å²) in [4.78, 5) is 24.5. The molecule has 4 aromatic rings. The predicted molar refractivity (Wildman–Crippen MR) is 127 cm³/mol. The van der Waals surface area contributed by atoms with E-state index in [0.29, 0.717) is 16.6 Å². The highest BCUT2D eigenvalue weighted by atomic mass is 19.4. The maximum Gasteiger partial charge on any atom is 0.416 e. The summed E-state index contributed by atoms with van der Waals surface area (Å²) in [5.41, 5.74) is 1.59. The zero-order chi connectivity index (χ0) is 25.3. The predicted octanol–water partition coefficient (Wildman–Crippen LogP) is 6.13. The third-order valence-electron chi connectivity index (χ3n) is 5.79. The van der Waals surface area contributed by atoms with E-state index in [9.17, 15) is 22.8 Å². The fourth-order valence-electron chi connectivity index (χ4n) is 3.97. The molecule has 9 heteroatoms. The van der Waals surface area contributed by atoms with Crippen molar-refractivity contribution in [3.63, 3.8) is 0 Å². The van der Waals surface area contributed by atoms with Crippen LogP contribution in [-0.2, 0) is 13.2 Å². The number of aromatic nitrogens is 1. The van der Waals surface area contributed by atoms with E-state index in [2.05, 4.69) is 10.6 Å². The first kappa shape index (κ1) is 23.9. The Bertz CT molecular complexity index is 1410. The largest absolute Gasteiger partial charge is 0.478 e. The smallest absolute Gasteiger partial charge is 0.416 e. The molecule has 0 aliphatic heterocycles. The van der Waals surface area contributed by atoms with Gasteiger partial charge in [-0.3, -0.25) is 4.79 Å². The number of alkyl halides is 3. The summed E-state index contributed by atoms with van der Waals surface area (Å²) in [6, 6.07) is 17.7. The molecular weight excluding hydrogens is 459 g/mol. The Morgan fingerprint density at radius 3 is 2.31 bits per heavy atom. The molecule has 1 amide bonds. The lowest BCUT2D eigenvalue weighted by Gasteiger charge is -2.17. The van der Waals surface area contributed by atoms with Gasteiger partial charge in [-0.15, -0.1) is 0 Å². The van der Waals surface area contributed by atoms with Gasteiger partial charge < -0.3 is 20.3 Å². The molecule has 0 fully saturated rings. The molecule has 0 saturated carbocycles. The van der Waals surface area contributed by atoms with Gasteiger partial charge in [-0.1, -0.05) is 36.4 Å². The van der Waals surface area contributed by atoms with Gasteiger partial charge >= 0.3 is 12.1 Å². The number of hydrogen-bond acceptors (Lipinski definition) is 3. The number of fused-ring (bicyclic) bond motifs is 1. The van der Waals surface area contributed by atoms with E-state index in [1.54, 1.807) is 42.8 Å². The molecule has 0 saturated heterocycles. The minimum absolute atomic E-state index is 0.133. The molecule has 0 unspecified atom stereocenters. The van der Waals surface area contributed by atoms with Crippen molar-refractivity contribution in [1.82, 2.24) is 9.88 Å². The number of halogens is 3. The molecule has 0 bridgehead atoms. The number of carboxylic acid groups (broad SMARTS) is 1. The first-order valence-electron chi connectivity index (χ1n) is 10.7. The Labute approximate surface area is 199 Å². The fourth-order valence-corrected chi connectivity index (χ4v) is 3.97. The van der Waals surface area contributed by atoms with Crippen LogP contribution < -0.4 is 10.6 Å². The number of anilines is 2. The normalized spacial score (nSPS) is 12.4. The van der Waals surface area contributed by atoms with Gasteiger partial charge in [0.05, 0.1) is 28.4 Å². The molecule has 1 heterocycles. The van der Waals surface area contributed by atoms with Crippen LogP contribution in [0.3, 0.4) is 0 Å². The van der Waals surface area contributed by atoms with E-state index < -0.39 is 29.7 Å². The van der Waals surface area contributed by atoms with Crippen LogP contribution in [0.15, 0.2) is 72.8 Å². The number of aromatic carboxylic acids is 1. The van der Waals surface area contributed by atoms with Gasteiger partial charge in [0, 0.05) is 18.1 Å². The topological polar surface area (TPSA) is 83.4 Å². The number of nitrogens with zero attached hydrogens (tertiary/aromatic N) is 1. The molecular formula is C26H22F3N3O3. The highest BCUT2D eigenvalue weighted by molar-refractivity contribution is 6.09. The van der Waals surface area contributed by atoms with Crippen molar-refractivity contribution in [2.45, 2.75) is 19.1 Å². The number of para-hydroxylation sites is 1. The van der Waals surface area contributed by atoms with E-state index in [1.807, 2.05) is 12.1 Å². The van der Waals surface area contributed by atoms with Gasteiger partial charge in [0.25, 0.3) is 5.91 Å². The number of hydrogen-bond donors (Lipinski definition) is 3. The second kappa shape index (κ2) is 9.17. The summed E-state index contributed by atoms with van der Waals surface area (Å²) in [6.45, 7) is 1.76. The van der Waals surface area contributed by atoms with Crippen LogP contribution in [0.25, 0.3) is 10.9 Å². The Morgan fingerprint density at radius 1 is 0.971 bits per heavy atom. The lowest BCUT2D eigenvalue weighted by Crippen LogP contribution is -2.29. The maximum atomic E-state index is 13.4. The van der Waals surface area contributed by atoms with Crippen LogP contribution >= 0.6 is 0 Å². The standard InChI is InChI=1S/C26H22F3N3O3/c1-15(16-10-12-17(13-11-16)25(34)35)30-24(33)23-22(20-8-3-4-9-21(20)32(23)2)31-19-7-5-6-18(14-19)26(27,28)29/h3-15,31H,1-2H3,(H,30,33)(H,34,35)/t15-/m0/s1. The highest BCUT2D eigenvalue weighted by Gasteiger charge is 2.31. The van der Waals surface area contributed by atoms with Crippen LogP contribution in [-0.4, -0.2) is 21.6 Å². The number of rotatable bonds is 6. The molecule has 0 spiro atoms. The summed E-state index contributed by atoms with van der Waals surface area (Å²) >= 11 is 0. The molecule has 6 nitrogen and oxygen atoms in total. The van der Waals surface area contributed by atoms with Crippen molar-refractivity contribution in [1.29, 1.82) is 0 Å². The molecule has 4 rings (SSSR count). The number of aryl methyl sites for hydroxylation is 1. The number of nitrogens with one attached hydrogen (secondary N) is 2. The lowest BCUT2D eigenvalue weighted by molar-refractivity contribution is -0.137. The molecule has 0 aliphatic rings. The highest BCUT2D eigenvalue weighted by Crippen LogP contribution is 2.35. The van der Waals surface area contributed by atoms with Crippen molar-refractivity contribution < 1.29 is 27.9 Å². The molecule has 3 aromatic carbocycles. The number of carbonyl (C=O) groups is 2. The molecule has 35 heavy (non-hydrogen) atoms. The lowest BCUT2D eigenvalue weighted by atomic mass is 10.1. The van der Waals surface area contributed by atoms with E-state index in [4.69, 9.17) is 5.11 Å². The molecule has 1 aromatic heterocycles. The molecule has 0 aliphatic carbocycles. The Morgan fingerprint density at radius 2 is 1.66 bits per heavy atom. The van der Waals surface area contributed by atoms with Gasteiger partial charge in [-0.25, -0.2) is 4.79 Å². The maximum absolute atomic E-state index is 13.4. The molecule has 1 atom stereocenters. The minimum Gasteiger partial charge on any atom is -0.478 e. The number of carboxylic acids is 1. The number of amides is 1. The number of carbonyl (C=O) groups excluding carboxylic acids is 1. The first-order chi connectivity index (χ1) is 16.6. The average Bonchev–Trinajstić information content (AvgIpc) is 3.10. The summed E-state index contributed by atoms with van der Waals surface area (Å²) in [5, 5.41) is 15.7. The van der Waals surface area contributed by atoms with E-state index >= 15 is 0 Å². The summed E-state index contributed by atoms with van der Waals surface area (Å²) in [6.07, 6.45) is -4.50. The molecule has 3 N–H and O–H groups in total. The van der Waals surface area contributed by atoms with E-state index in [0.717, 1.165) is 17.6 Å². The molecule has 180 valence electrons. The van der Waals surface area contributed by atoms with Crippen molar-refractivity contribution in [3.05, 3.63) is 95.2 Å². The second-order valence-electron chi connectivity index (χ2n) is 8.13. The average molecular weight is 481 g/mol. The van der Waals surface area contributed by atoms with Crippen LogP contribution in [0, 0.1) is 0 Å². The van der Waals surface area contributed by atoms with Crippen molar-refractivity contribution in [2.75, 3.05) is 5.32 Å². The minimum atomic E-state index is -4.50. The van der Waals surface area contributed by atoms with Crippen LogP contribution in [0.4, 0.5) is 24.5 Å². The Hall–Kier alpha value is -4.27. The third-order valence-corrected chi connectivity index (χ3v) is 5.79. The van der Waals surface area contributed by atoms with E-state index in [1.165, 1.54) is 24.3 Å². The van der Waals surface area contributed by atoms with Crippen molar-refractivity contribution in [3.8, 4) is 0 Å². The van der Waals surface area contributed by atoms with Crippen molar-refractivity contribution >= 4 is 34.2 Å². The Balaban J connectivity index is 1.69. The monoisotopic (exact) mass is 481 g/mol.